The summed E-state index contributed by atoms with van der Waals surface area (Å²) in [4.78, 5) is 11.3. The predicted molar refractivity (Wildman–Crippen MR) is 74.6 cm³/mol. The van der Waals surface area contributed by atoms with Crippen molar-refractivity contribution in [2.24, 2.45) is 5.73 Å². The zero-order chi connectivity index (χ0) is 15.3. The highest BCUT2D eigenvalue weighted by Gasteiger charge is 2.31. The van der Waals surface area contributed by atoms with Crippen LogP contribution in [0.3, 0.4) is 0 Å². The fourth-order valence-electron chi connectivity index (χ4n) is 1.44. The molecule has 110 valence electrons. The van der Waals surface area contributed by atoms with Crippen LogP contribution < -0.4 is 16.4 Å². The summed E-state index contributed by atoms with van der Waals surface area (Å²) in [5.74, 6) is 0. The number of benzene rings is 1. The van der Waals surface area contributed by atoms with E-state index in [1.807, 2.05) is 6.92 Å². The molecule has 0 aliphatic rings. The number of halogens is 3. The Morgan fingerprint density at radius 3 is 2.55 bits per heavy atom. The molecule has 0 aliphatic heterocycles. The number of carbonyl (C=O) groups excluding carboxylic acids is 1. The number of nitrogens with one attached hydrogen (secondary N) is 2. The third kappa shape index (κ3) is 4.37. The second-order valence-corrected chi connectivity index (χ2v) is 4.44. The summed E-state index contributed by atoms with van der Waals surface area (Å²) < 4.78 is 37.8. The van der Waals surface area contributed by atoms with Crippen molar-refractivity contribution in [3.63, 3.8) is 0 Å². The van der Waals surface area contributed by atoms with Crippen LogP contribution in [0.25, 0.3) is 0 Å². The lowest BCUT2D eigenvalue weighted by Gasteiger charge is -2.14. The third-order valence-corrected chi connectivity index (χ3v) is 2.62. The van der Waals surface area contributed by atoms with Crippen LogP contribution in [0.5, 0.6) is 0 Å². The average Bonchev–Trinajstić information content (AvgIpc) is 2.35. The van der Waals surface area contributed by atoms with Crippen LogP contribution >= 0.6 is 12.2 Å². The highest BCUT2D eigenvalue weighted by molar-refractivity contribution is 7.80. The van der Waals surface area contributed by atoms with Gasteiger partial charge in [-0.3, -0.25) is 0 Å². The summed E-state index contributed by atoms with van der Waals surface area (Å²) in [6.07, 6.45) is -3.76. The second-order valence-electron chi connectivity index (χ2n) is 4.00. The van der Waals surface area contributed by atoms with Gasteiger partial charge in [0.05, 0.1) is 11.3 Å². The Labute approximate surface area is 119 Å². The zero-order valence-corrected chi connectivity index (χ0v) is 11.5. The summed E-state index contributed by atoms with van der Waals surface area (Å²) in [5.41, 5.74) is 4.63. The first-order valence-corrected chi connectivity index (χ1v) is 6.22. The molecule has 0 bridgehead atoms. The summed E-state index contributed by atoms with van der Waals surface area (Å²) in [6.45, 7) is 2.33. The number of amides is 2. The smallest absolute Gasteiger partial charge is 0.389 e. The van der Waals surface area contributed by atoms with Crippen molar-refractivity contribution in [3.8, 4) is 0 Å². The largest absolute Gasteiger partial charge is 0.416 e. The lowest BCUT2D eigenvalue weighted by atomic mass is 10.1. The number of hydrogen-bond donors (Lipinski definition) is 3. The van der Waals surface area contributed by atoms with Crippen LogP contribution in [0.1, 0.15) is 24.5 Å². The van der Waals surface area contributed by atoms with Crippen molar-refractivity contribution >= 4 is 28.9 Å². The maximum absolute atomic E-state index is 12.6. The topological polar surface area (TPSA) is 67.2 Å². The zero-order valence-electron chi connectivity index (χ0n) is 10.7. The third-order valence-electron chi connectivity index (χ3n) is 2.40. The van der Waals surface area contributed by atoms with Gasteiger partial charge in [-0.15, -0.1) is 0 Å². The van der Waals surface area contributed by atoms with Crippen molar-refractivity contribution in [2.75, 3.05) is 11.9 Å². The number of anilines is 1. The molecule has 0 radical (unpaired) electrons. The highest BCUT2D eigenvalue weighted by atomic mass is 32.1. The molecule has 1 aromatic rings. The van der Waals surface area contributed by atoms with Crippen LogP contribution in [-0.4, -0.2) is 17.6 Å². The molecule has 0 unspecified atom stereocenters. The molecule has 4 nitrogen and oxygen atoms in total. The Hall–Kier alpha value is -1.83. The summed E-state index contributed by atoms with van der Waals surface area (Å²) in [7, 11) is 0. The molecule has 0 fully saturated rings. The molecule has 0 atom stereocenters. The van der Waals surface area contributed by atoms with E-state index in [0.29, 0.717) is 6.54 Å². The molecule has 2 amide bonds. The SMILES string of the molecule is CCCNC(=O)Nc1ccc(C(F)(F)F)cc1C(N)=S. The average molecular weight is 305 g/mol. The summed E-state index contributed by atoms with van der Waals surface area (Å²) in [5, 5.41) is 4.96. The molecule has 4 N–H and O–H groups in total. The summed E-state index contributed by atoms with van der Waals surface area (Å²) >= 11 is 4.71. The number of thiocarbonyl (C=S) groups is 1. The number of carbonyl (C=O) groups is 1. The monoisotopic (exact) mass is 305 g/mol. The van der Waals surface area contributed by atoms with Gasteiger partial charge in [0.25, 0.3) is 0 Å². The maximum Gasteiger partial charge on any atom is 0.416 e. The number of nitrogens with two attached hydrogens (primary N) is 1. The predicted octanol–water partition coefficient (Wildman–Crippen LogP) is 2.87. The lowest BCUT2D eigenvalue weighted by molar-refractivity contribution is -0.137. The van der Waals surface area contributed by atoms with E-state index in [-0.39, 0.29) is 16.2 Å². The van der Waals surface area contributed by atoms with Gasteiger partial charge in [-0.2, -0.15) is 13.2 Å². The Bertz CT molecular complexity index is 517. The van der Waals surface area contributed by atoms with E-state index >= 15 is 0 Å². The van der Waals surface area contributed by atoms with Gasteiger partial charge in [0, 0.05) is 12.1 Å². The van der Waals surface area contributed by atoms with E-state index in [2.05, 4.69) is 10.6 Å². The van der Waals surface area contributed by atoms with Crippen LogP contribution in [0.2, 0.25) is 0 Å². The van der Waals surface area contributed by atoms with Gasteiger partial charge >= 0.3 is 12.2 Å². The van der Waals surface area contributed by atoms with E-state index in [1.54, 1.807) is 0 Å². The van der Waals surface area contributed by atoms with Crippen molar-refractivity contribution in [1.29, 1.82) is 0 Å². The Morgan fingerprint density at radius 2 is 2.05 bits per heavy atom. The number of alkyl halides is 3. The Morgan fingerprint density at radius 1 is 1.40 bits per heavy atom. The van der Waals surface area contributed by atoms with Crippen molar-refractivity contribution in [2.45, 2.75) is 19.5 Å². The van der Waals surface area contributed by atoms with Crippen molar-refractivity contribution in [1.82, 2.24) is 5.32 Å². The minimum atomic E-state index is -4.50. The maximum atomic E-state index is 12.6. The van der Waals surface area contributed by atoms with Gasteiger partial charge in [-0.05, 0) is 24.6 Å². The number of urea groups is 1. The molecular formula is C12H14F3N3OS. The fraction of sp³-hybridized carbons (Fsp3) is 0.333. The van der Waals surface area contributed by atoms with Gasteiger partial charge in [0.2, 0.25) is 0 Å². The molecule has 0 aliphatic carbocycles. The molecule has 20 heavy (non-hydrogen) atoms. The number of rotatable bonds is 4. The van der Waals surface area contributed by atoms with Gasteiger partial charge in [-0.25, -0.2) is 4.79 Å². The Kier molecular flexibility index (Phi) is 5.32. The first kappa shape index (κ1) is 16.2. The molecule has 1 aromatic carbocycles. The van der Waals surface area contributed by atoms with Gasteiger partial charge in [0.1, 0.15) is 4.99 Å². The first-order chi connectivity index (χ1) is 9.25. The lowest BCUT2D eigenvalue weighted by Crippen LogP contribution is -2.30. The molecular weight excluding hydrogens is 291 g/mol. The second kappa shape index (κ2) is 6.56. The fourth-order valence-corrected chi connectivity index (χ4v) is 1.61. The van der Waals surface area contributed by atoms with Crippen LogP contribution in [0.15, 0.2) is 18.2 Å². The van der Waals surface area contributed by atoms with Crippen molar-refractivity contribution in [3.05, 3.63) is 29.3 Å². The van der Waals surface area contributed by atoms with Crippen LogP contribution in [-0.2, 0) is 6.18 Å². The van der Waals surface area contributed by atoms with E-state index in [0.717, 1.165) is 24.6 Å². The molecule has 0 heterocycles. The molecule has 1 rings (SSSR count). The van der Waals surface area contributed by atoms with Gasteiger partial charge < -0.3 is 16.4 Å². The van der Waals surface area contributed by atoms with Crippen LogP contribution in [0.4, 0.5) is 23.7 Å². The van der Waals surface area contributed by atoms with Gasteiger partial charge in [0.15, 0.2) is 0 Å². The van der Waals surface area contributed by atoms with E-state index in [1.165, 1.54) is 0 Å². The van der Waals surface area contributed by atoms with Gasteiger partial charge in [-0.1, -0.05) is 19.1 Å². The van der Waals surface area contributed by atoms with E-state index < -0.39 is 17.8 Å². The first-order valence-electron chi connectivity index (χ1n) is 5.81. The molecule has 0 saturated carbocycles. The minimum absolute atomic E-state index is 0.0264. The van der Waals surface area contributed by atoms with E-state index in [4.69, 9.17) is 18.0 Å². The standard InChI is InChI=1S/C12H14F3N3OS/c1-2-5-17-11(19)18-9-4-3-7(12(13,14)15)6-8(9)10(16)20/h3-4,6H,2,5H2,1H3,(H2,16,20)(H2,17,18,19). The quantitative estimate of drug-likeness (QED) is 0.749. The molecule has 0 aromatic heterocycles. The minimum Gasteiger partial charge on any atom is -0.389 e. The molecule has 8 heteroatoms. The Balaban J connectivity index is 3.02. The summed E-state index contributed by atoms with van der Waals surface area (Å²) in [6, 6.07) is 2.28. The molecule has 0 saturated heterocycles. The normalized spacial score (nSPS) is 11.0. The van der Waals surface area contributed by atoms with E-state index in [9.17, 15) is 18.0 Å². The number of hydrogen-bond acceptors (Lipinski definition) is 2. The molecule has 0 spiro atoms. The highest BCUT2D eigenvalue weighted by Crippen LogP contribution is 2.31. The van der Waals surface area contributed by atoms with Crippen LogP contribution in [0, 0.1) is 0 Å². The van der Waals surface area contributed by atoms with Crippen molar-refractivity contribution < 1.29 is 18.0 Å².